The van der Waals surface area contributed by atoms with E-state index in [4.69, 9.17) is 26.2 Å². The zero-order valence-corrected chi connectivity index (χ0v) is 19.5. The number of nitriles is 1. The predicted molar refractivity (Wildman–Crippen MR) is 134 cm³/mol. The lowest BCUT2D eigenvalue weighted by Crippen LogP contribution is -2.04. The molecular formula is C28H24ClNO4. The van der Waals surface area contributed by atoms with Crippen LogP contribution in [-0.2, 0) is 13.0 Å². The van der Waals surface area contributed by atoms with Crippen molar-refractivity contribution in [3.63, 3.8) is 0 Å². The van der Waals surface area contributed by atoms with E-state index in [0.717, 1.165) is 16.7 Å². The van der Waals surface area contributed by atoms with E-state index in [-0.39, 0.29) is 12.2 Å². The highest BCUT2D eigenvalue weighted by molar-refractivity contribution is 6.32. The molecule has 0 fully saturated rings. The van der Waals surface area contributed by atoms with Crippen LogP contribution in [0.15, 0.2) is 73.3 Å². The number of hydrogen-bond donors (Lipinski definition) is 1. The summed E-state index contributed by atoms with van der Waals surface area (Å²) in [6.45, 7) is 6.40. The number of carboxylic acids is 1. The normalized spacial score (nSPS) is 10.9. The van der Waals surface area contributed by atoms with Crippen molar-refractivity contribution >= 4 is 29.2 Å². The van der Waals surface area contributed by atoms with Gasteiger partial charge in [-0.2, -0.15) is 5.26 Å². The summed E-state index contributed by atoms with van der Waals surface area (Å²) < 4.78 is 12.0. The molecule has 34 heavy (non-hydrogen) atoms. The Morgan fingerprint density at radius 2 is 1.88 bits per heavy atom. The average molecular weight is 474 g/mol. The lowest BCUT2D eigenvalue weighted by atomic mass is 10.0. The van der Waals surface area contributed by atoms with E-state index in [0.29, 0.717) is 40.7 Å². The van der Waals surface area contributed by atoms with Crippen molar-refractivity contribution in [3.8, 4) is 17.6 Å². The first-order valence-corrected chi connectivity index (χ1v) is 11.1. The van der Waals surface area contributed by atoms with E-state index < -0.39 is 5.97 Å². The van der Waals surface area contributed by atoms with Crippen LogP contribution in [0.3, 0.4) is 0 Å². The second-order valence-corrected chi connectivity index (χ2v) is 7.78. The Bertz CT molecular complexity index is 1260. The van der Waals surface area contributed by atoms with Gasteiger partial charge in [-0.1, -0.05) is 48.0 Å². The van der Waals surface area contributed by atoms with Crippen LogP contribution in [0, 0.1) is 11.3 Å². The highest BCUT2D eigenvalue weighted by atomic mass is 35.5. The van der Waals surface area contributed by atoms with Gasteiger partial charge in [0, 0.05) is 16.1 Å². The van der Waals surface area contributed by atoms with Gasteiger partial charge < -0.3 is 14.6 Å². The Labute approximate surface area is 204 Å². The number of ether oxygens (including phenoxy) is 2. The summed E-state index contributed by atoms with van der Waals surface area (Å²) in [7, 11) is 0. The third-order valence-corrected chi connectivity index (χ3v) is 5.33. The Morgan fingerprint density at radius 3 is 2.50 bits per heavy atom. The van der Waals surface area contributed by atoms with Crippen molar-refractivity contribution in [3.05, 3.63) is 106 Å². The number of benzene rings is 3. The van der Waals surface area contributed by atoms with Crippen molar-refractivity contribution < 1.29 is 19.4 Å². The number of allylic oxidation sites excluding steroid dienone is 2. The lowest BCUT2D eigenvalue weighted by Gasteiger charge is -2.17. The minimum atomic E-state index is -0.975. The molecule has 0 radical (unpaired) electrons. The van der Waals surface area contributed by atoms with Gasteiger partial charge in [-0.3, -0.25) is 0 Å². The smallest absolute Gasteiger partial charge is 0.335 e. The van der Waals surface area contributed by atoms with Crippen molar-refractivity contribution in [2.75, 3.05) is 6.61 Å². The molecule has 0 spiro atoms. The number of halogens is 1. The Morgan fingerprint density at radius 1 is 1.15 bits per heavy atom. The maximum absolute atomic E-state index is 11.1. The molecule has 0 aromatic heterocycles. The molecule has 0 saturated heterocycles. The number of aromatic carboxylic acids is 1. The molecule has 0 aliphatic heterocycles. The molecule has 0 bridgehead atoms. The first-order chi connectivity index (χ1) is 16.5. The van der Waals surface area contributed by atoms with Crippen LogP contribution in [0.2, 0.25) is 5.02 Å². The Kier molecular flexibility index (Phi) is 8.50. The van der Waals surface area contributed by atoms with Crippen LogP contribution < -0.4 is 9.47 Å². The molecule has 5 nitrogen and oxygen atoms in total. The summed E-state index contributed by atoms with van der Waals surface area (Å²) >= 11 is 6.30. The van der Waals surface area contributed by atoms with Gasteiger partial charge in [-0.05, 0) is 60.9 Å². The number of rotatable bonds is 10. The molecule has 0 amide bonds. The largest absolute Gasteiger partial charge is 0.490 e. The summed E-state index contributed by atoms with van der Waals surface area (Å²) in [6, 6.07) is 19.7. The maximum atomic E-state index is 11.1. The topological polar surface area (TPSA) is 79.5 Å². The lowest BCUT2D eigenvalue weighted by molar-refractivity contribution is 0.0697. The molecule has 0 saturated carbocycles. The van der Waals surface area contributed by atoms with Crippen LogP contribution in [0.5, 0.6) is 11.5 Å². The Hall–Kier alpha value is -4.01. The fraction of sp³-hybridized carbons (Fsp3) is 0.143. The monoisotopic (exact) mass is 473 g/mol. The van der Waals surface area contributed by atoms with E-state index in [1.165, 1.54) is 0 Å². The van der Waals surface area contributed by atoms with E-state index in [2.05, 4.69) is 12.6 Å². The maximum Gasteiger partial charge on any atom is 0.335 e. The fourth-order valence-electron chi connectivity index (χ4n) is 3.42. The van der Waals surface area contributed by atoms with Crippen molar-refractivity contribution in [2.45, 2.75) is 20.0 Å². The van der Waals surface area contributed by atoms with E-state index in [1.807, 2.05) is 31.2 Å². The van der Waals surface area contributed by atoms with E-state index in [1.54, 1.807) is 48.6 Å². The molecule has 0 unspecified atom stereocenters. The predicted octanol–water partition coefficient (Wildman–Crippen LogP) is 6.81. The quantitative estimate of drug-likeness (QED) is 0.199. The van der Waals surface area contributed by atoms with Crippen LogP contribution in [0.25, 0.3) is 11.6 Å². The van der Waals surface area contributed by atoms with Gasteiger partial charge in [-0.15, -0.1) is 6.58 Å². The zero-order valence-electron chi connectivity index (χ0n) is 18.8. The molecule has 172 valence electrons. The molecule has 3 aromatic rings. The molecule has 0 atom stereocenters. The van der Waals surface area contributed by atoms with E-state index in [9.17, 15) is 10.1 Å². The molecule has 3 aromatic carbocycles. The summed E-state index contributed by atoms with van der Waals surface area (Å²) in [5.74, 6) is 0.153. The highest BCUT2D eigenvalue weighted by Gasteiger charge is 2.15. The third kappa shape index (κ3) is 6.06. The average Bonchev–Trinajstić information content (AvgIpc) is 2.83. The number of carboxylic acid groups (broad SMARTS) is 1. The van der Waals surface area contributed by atoms with Crippen LogP contribution in [0.4, 0.5) is 0 Å². The summed E-state index contributed by atoms with van der Waals surface area (Å²) in [5.41, 5.74) is 3.76. The number of carbonyl (C=O) groups is 1. The summed E-state index contributed by atoms with van der Waals surface area (Å²) in [6.07, 6.45) is 4.07. The molecule has 3 rings (SSSR count). The number of hydrogen-bond acceptors (Lipinski definition) is 4. The van der Waals surface area contributed by atoms with Gasteiger partial charge in [-0.25, -0.2) is 4.79 Å². The molecule has 1 N–H and O–H groups in total. The highest BCUT2D eigenvalue weighted by Crippen LogP contribution is 2.36. The van der Waals surface area contributed by atoms with Crippen LogP contribution in [-0.4, -0.2) is 17.7 Å². The zero-order chi connectivity index (χ0) is 24.5. The fourth-order valence-corrected chi connectivity index (χ4v) is 3.65. The first-order valence-electron chi connectivity index (χ1n) is 10.7. The number of nitrogens with zero attached hydrogens (tertiary/aromatic N) is 1. The summed E-state index contributed by atoms with van der Waals surface area (Å²) in [4.78, 5) is 11.1. The summed E-state index contributed by atoms with van der Waals surface area (Å²) in [5, 5.41) is 19.3. The second-order valence-electron chi connectivity index (χ2n) is 7.37. The van der Waals surface area contributed by atoms with Gasteiger partial charge in [0.2, 0.25) is 0 Å². The molecule has 0 heterocycles. The van der Waals surface area contributed by atoms with Gasteiger partial charge >= 0.3 is 5.97 Å². The molecule has 0 aliphatic rings. The minimum Gasteiger partial charge on any atom is -0.490 e. The molecular weight excluding hydrogens is 450 g/mol. The molecule has 6 heteroatoms. The van der Waals surface area contributed by atoms with Gasteiger partial charge in [0.15, 0.2) is 11.5 Å². The van der Waals surface area contributed by atoms with Gasteiger partial charge in [0.25, 0.3) is 0 Å². The van der Waals surface area contributed by atoms with Crippen molar-refractivity contribution in [2.24, 2.45) is 0 Å². The Balaban J connectivity index is 1.98. The van der Waals surface area contributed by atoms with Gasteiger partial charge in [0.1, 0.15) is 6.61 Å². The van der Waals surface area contributed by atoms with Crippen molar-refractivity contribution in [1.82, 2.24) is 0 Å². The van der Waals surface area contributed by atoms with Gasteiger partial charge in [0.05, 0.1) is 23.8 Å². The molecule has 0 aliphatic carbocycles. The van der Waals surface area contributed by atoms with Crippen molar-refractivity contribution in [1.29, 1.82) is 5.26 Å². The van der Waals surface area contributed by atoms with Crippen LogP contribution >= 0.6 is 11.6 Å². The standard InChI is InChI=1S/C28H24ClNO4/c1-3-7-22-14-20(15-23(17-30)24-8-5-6-9-25(24)29)16-26(33-4-2)27(22)34-18-19-10-12-21(13-11-19)28(31)32/h3,5-6,8-16H,1,4,7,18H2,2H3,(H,31,32). The van der Waals surface area contributed by atoms with Crippen LogP contribution in [0.1, 0.15) is 39.5 Å². The first kappa shape index (κ1) is 24.6. The van der Waals surface area contributed by atoms with E-state index >= 15 is 0 Å². The SMILES string of the molecule is C=CCc1cc(C=C(C#N)c2ccccc2Cl)cc(OCC)c1OCc1ccc(C(=O)O)cc1. The minimum absolute atomic E-state index is 0.217. The third-order valence-electron chi connectivity index (χ3n) is 5.00. The second kappa shape index (κ2) is 11.7.